The number of hydrogen-bond acceptors (Lipinski definition) is 4. The lowest BCUT2D eigenvalue weighted by molar-refractivity contribution is -0.122. The molecule has 3 unspecified atom stereocenters. The summed E-state index contributed by atoms with van der Waals surface area (Å²) in [6, 6.07) is -1.42. The minimum atomic E-state index is -0.862. The number of amides is 3. The number of imide groups is 1. The van der Waals surface area contributed by atoms with Gasteiger partial charge in [-0.1, -0.05) is 19.8 Å². The number of aliphatic hydroxyl groups is 1. The van der Waals surface area contributed by atoms with Gasteiger partial charge in [-0.05, 0) is 25.7 Å². The van der Waals surface area contributed by atoms with Crippen LogP contribution in [-0.2, 0) is 4.79 Å². The number of rotatable bonds is 4. The predicted octanol–water partition coefficient (Wildman–Crippen LogP) is 0.101. The Labute approximate surface area is 107 Å². The maximum absolute atomic E-state index is 11.4. The molecule has 18 heavy (non-hydrogen) atoms. The Balaban J connectivity index is 2.39. The zero-order valence-corrected chi connectivity index (χ0v) is 11.0. The molecule has 5 N–H and O–H groups in total. The van der Waals surface area contributed by atoms with Crippen molar-refractivity contribution in [3.05, 3.63) is 0 Å². The van der Waals surface area contributed by atoms with Crippen LogP contribution in [0, 0.1) is 5.92 Å². The van der Waals surface area contributed by atoms with Gasteiger partial charge in [-0.15, -0.1) is 0 Å². The number of primary amides is 1. The van der Waals surface area contributed by atoms with E-state index in [-0.39, 0.29) is 0 Å². The van der Waals surface area contributed by atoms with Gasteiger partial charge in [0.15, 0.2) is 0 Å². The third-order valence-electron chi connectivity index (χ3n) is 3.44. The normalized spacial score (nSPS) is 29.6. The van der Waals surface area contributed by atoms with Crippen LogP contribution in [-0.4, -0.2) is 35.2 Å². The van der Waals surface area contributed by atoms with Crippen molar-refractivity contribution in [2.45, 2.75) is 51.2 Å². The number of nitrogens with one attached hydrogen (secondary N) is 2. The molecule has 1 rings (SSSR count). The molecule has 3 amide bonds. The summed E-state index contributed by atoms with van der Waals surface area (Å²) in [5.74, 6) is 0.0234. The molecule has 0 aromatic carbocycles. The van der Waals surface area contributed by atoms with Gasteiger partial charge < -0.3 is 16.2 Å². The van der Waals surface area contributed by atoms with Crippen molar-refractivity contribution in [1.29, 1.82) is 0 Å². The van der Waals surface area contributed by atoms with E-state index in [9.17, 15) is 14.7 Å². The van der Waals surface area contributed by atoms with E-state index in [2.05, 4.69) is 12.2 Å². The molecule has 3 atom stereocenters. The Bertz CT molecular complexity index is 322. The Morgan fingerprint density at radius 1 is 1.56 bits per heavy atom. The SMILES string of the molecule is CC1CCCC(O)(CNC(C)C(=O)NC(N)=O)C1. The van der Waals surface area contributed by atoms with Gasteiger partial charge in [0.05, 0.1) is 11.6 Å². The minimum absolute atomic E-state index is 0.352. The zero-order chi connectivity index (χ0) is 13.8. The zero-order valence-electron chi connectivity index (χ0n) is 11.0. The molecule has 0 spiro atoms. The summed E-state index contributed by atoms with van der Waals surface area (Å²) in [6.45, 7) is 4.10. The number of hydrogen-bond donors (Lipinski definition) is 4. The Morgan fingerprint density at radius 3 is 2.78 bits per heavy atom. The van der Waals surface area contributed by atoms with Crippen LogP contribution in [0.5, 0.6) is 0 Å². The summed E-state index contributed by atoms with van der Waals surface area (Å²) in [6.07, 6.45) is 3.62. The molecule has 104 valence electrons. The van der Waals surface area contributed by atoms with Gasteiger partial charge in [0, 0.05) is 6.54 Å². The fourth-order valence-corrected chi connectivity index (χ4v) is 2.46. The highest BCUT2D eigenvalue weighted by Gasteiger charge is 2.33. The van der Waals surface area contributed by atoms with Crippen molar-refractivity contribution >= 4 is 11.9 Å². The summed E-state index contributed by atoms with van der Waals surface area (Å²) in [5.41, 5.74) is 4.12. The smallest absolute Gasteiger partial charge is 0.318 e. The van der Waals surface area contributed by atoms with Crippen molar-refractivity contribution < 1.29 is 14.7 Å². The van der Waals surface area contributed by atoms with E-state index in [0.717, 1.165) is 25.7 Å². The van der Waals surface area contributed by atoms with Gasteiger partial charge in [0.1, 0.15) is 0 Å². The van der Waals surface area contributed by atoms with E-state index in [1.165, 1.54) is 0 Å². The molecule has 0 aromatic rings. The lowest BCUT2D eigenvalue weighted by atomic mass is 9.79. The second-order valence-corrected chi connectivity index (χ2v) is 5.38. The van der Waals surface area contributed by atoms with Crippen LogP contribution in [0.25, 0.3) is 0 Å². The quantitative estimate of drug-likeness (QED) is 0.573. The third kappa shape index (κ3) is 4.62. The van der Waals surface area contributed by atoms with Crippen LogP contribution in [0.2, 0.25) is 0 Å². The van der Waals surface area contributed by atoms with Crippen LogP contribution < -0.4 is 16.4 Å². The summed E-state index contributed by atoms with van der Waals surface area (Å²) >= 11 is 0. The van der Waals surface area contributed by atoms with Crippen LogP contribution in [0.15, 0.2) is 0 Å². The number of urea groups is 1. The molecule has 1 aliphatic carbocycles. The average Bonchev–Trinajstić information content (AvgIpc) is 2.24. The summed E-state index contributed by atoms with van der Waals surface area (Å²) < 4.78 is 0. The first-order valence-electron chi connectivity index (χ1n) is 6.38. The van der Waals surface area contributed by atoms with Crippen LogP contribution in [0.1, 0.15) is 39.5 Å². The fourth-order valence-electron chi connectivity index (χ4n) is 2.46. The highest BCUT2D eigenvalue weighted by molar-refractivity contribution is 5.96. The van der Waals surface area contributed by atoms with Crippen molar-refractivity contribution in [3.8, 4) is 0 Å². The van der Waals surface area contributed by atoms with E-state index in [1.54, 1.807) is 6.92 Å². The maximum Gasteiger partial charge on any atom is 0.318 e. The van der Waals surface area contributed by atoms with Crippen LogP contribution in [0.3, 0.4) is 0 Å². The topological polar surface area (TPSA) is 104 Å². The number of nitrogens with two attached hydrogens (primary N) is 1. The average molecular weight is 257 g/mol. The first kappa shape index (κ1) is 14.9. The van der Waals surface area contributed by atoms with E-state index in [0.29, 0.717) is 12.5 Å². The van der Waals surface area contributed by atoms with Gasteiger partial charge in [-0.25, -0.2) is 4.79 Å². The van der Waals surface area contributed by atoms with E-state index < -0.39 is 23.6 Å². The van der Waals surface area contributed by atoms with Gasteiger partial charge in [-0.3, -0.25) is 10.1 Å². The Hall–Kier alpha value is -1.14. The number of carbonyl (C=O) groups is 2. The maximum atomic E-state index is 11.4. The lowest BCUT2D eigenvalue weighted by Gasteiger charge is -2.36. The third-order valence-corrected chi connectivity index (χ3v) is 3.44. The largest absolute Gasteiger partial charge is 0.389 e. The highest BCUT2D eigenvalue weighted by atomic mass is 16.3. The summed E-state index contributed by atoms with van der Waals surface area (Å²) in [5, 5.41) is 15.3. The second kappa shape index (κ2) is 6.15. The lowest BCUT2D eigenvalue weighted by Crippen LogP contribution is -2.52. The molecule has 1 saturated carbocycles. The molecule has 0 radical (unpaired) electrons. The van der Waals surface area contributed by atoms with Gasteiger partial charge >= 0.3 is 6.03 Å². The number of carbonyl (C=O) groups excluding carboxylic acids is 2. The Morgan fingerprint density at radius 2 is 2.22 bits per heavy atom. The van der Waals surface area contributed by atoms with Crippen molar-refractivity contribution in [1.82, 2.24) is 10.6 Å². The van der Waals surface area contributed by atoms with E-state index >= 15 is 0 Å². The standard InChI is InChI=1S/C12H23N3O3/c1-8-4-3-5-12(18,6-8)7-14-9(2)10(16)15-11(13)17/h8-9,14,18H,3-7H2,1-2H3,(H3,13,15,16,17). The fraction of sp³-hybridized carbons (Fsp3) is 0.833. The van der Waals surface area contributed by atoms with E-state index in [1.807, 2.05) is 5.32 Å². The molecule has 1 fully saturated rings. The molecule has 0 bridgehead atoms. The predicted molar refractivity (Wildman–Crippen MR) is 67.8 cm³/mol. The van der Waals surface area contributed by atoms with Gasteiger partial charge in [0.25, 0.3) is 0 Å². The first-order valence-corrected chi connectivity index (χ1v) is 6.38. The molecular formula is C12H23N3O3. The van der Waals surface area contributed by atoms with Gasteiger partial charge in [-0.2, -0.15) is 0 Å². The molecule has 1 aliphatic rings. The van der Waals surface area contributed by atoms with Crippen LogP contribution in [0.4, 0.5) is 4.79 Å². The Kier molecular flexibility index (Phi) is 5.10. The van der Waals surface area contributed by atoms with Crippen molar-refractivity contribution in [2.24, 2.45) is 11.7 Å². The molecular weight excluding hydrogens is 234 g/mol. The first-order chi connectivity index (χ1) is 8.32. The molecule has 0 heterocycles. The van der Waals surface area contributed by atoms with Gasteiger partial charge in [0.2, 0.25) is 5.91 Å². The highest BCUT2D eigenvalue weighted by Crippen LogP contribution is 2.31. The monoisotopic (exact) mass is 257 g/mol. The molecule has 0 aromatic heterocycles. The molecule has 0 saturated heterocycles. The summed E-state index contributed by atoms with van der Waals surface area (Å²) in [4.78, 5) is 22.0. The molecule has 6 nitrogen and oxygen atoms in total. The molecule has 6 heteroatoms. The summed E-state index contributed by atoms with van der Waals surface area (Å²) in [7, 11) is 0. The van der Waals surface area contributed by atoms with E-state index in [4.69, 9.17) is 5.73 Å². The van der Waals surface area contributed by atoms with Crippen LogP contribution >= 0.6 is 0 Å². The molecule has 0 aliphatic heterocycles. The minimum Gasteiger partial charge on any atom is -0.389 e. The van der Waals surface area contributed by atoms with Crippen molar-refractivity contribution in [3.63, 3.8) is 0 Å². The second-order valence-electron chi connectivity index (χ2n) is 5.38. The van der Waals surface area contributed by atoms with Crippen molar-refractivity contribution in [2.75, 3.05) is 6.54 Å².